The number of benzene rings is 1. The molecular formula is C24H29N5O8. The second-order valence-corrected chi connectivity index (χ2v) is 8.93. The van der Waals surface area contributed by atoms with E-state index in [2.05, 4.69) is 4.98 Å². The van der Waals surface area contributed by atoms with E-state index in [1.54, 1.807) is 45.0 Å². The lowest BCUT2D eigenvalue weighted by atomic mass is 10.0. The molecule has 0 fully saturated rings. The Balaban J connectivity index is 1.99. The number of rotatable bonds is 9. The number of carbonyl (C=O) groups is 3. The molecule has 2 aromatic rings. The lowest BCUT2D eigenvalue weighted by Crippen LogP contribution is -2.50. The maximum absolute atomic E-state index is 11.8. The van der Waals surface area contributed by atoms with Crippen LogP contribution >= 0.6 is 0 Å². The van der Waals surface area contributed by atoms with E-state index in [0.29, 0.717) is 17.8 Å². The summed E-state index contributed by atoms with van der Waals surface area (Å²) in [6.45, 7) is 0.189. The first kappa shape index (κ1) is 27.6. The Morgan fingerprint density at radius 1 is 0.865 bits per heavy atom. The van der Waals surface area contributed by atoms with Crippen molar-refractivity contribution in [2.24, 2.45) is 0 Å². The number of nitro benzene ring substituents is 1. The highest BCUT2D eigenvalue weighted by Gasteiger charge is 2.27. The van der Waals surface area contributed by atoms with Crippen LogP contribution in [0.4, 0.5) is 5.69 Å². The minimum atomic E-state index is -1.07. The van der Waals surface area contributed by atoms with Gasteiger partial charge >= 0.3 is 17.9 Å². The van der Waals surface area contributed by atoms with Crippen molar-refractivity contribution in [2.75, 3.05) is 39.3 Å². The second kappa shape index (κ2) is 12.9. The van der Waals surface area contributed by atoms with E-state index in [1.165, 1.54) is 12.1 Å². The number of aliphatic carboxylic acids is 3. The molecular weight excluding hydrogens is 486 g/mol. The van der Waals surface area contributed by atoms with E-state index in [0.717, 1.165) is 5.56 Å². The summed E-state index contributed by atoms with van der Waals surface area (Å²) in [6, 6.07) is 10.8. The van der Waals surface area contributed by atoms with Crippen LogP contribution < -0.4 is 0 Å². The van der Waals surface area contributed by atoms with Gasteiger partial charge in [0.25, 0.3) is 5.69 Å². The number of carboxylic acid groups (broad SMARTS) is 3. The average molecular weight is 516 g/mol. The maximum atomic E-state index is 11.8. The van der Waals surface area contributed by atoms with Crippen LogP contribution in [0, 0.1) is 10.1 Å². The van der Waals surface area contributed by atoms with E-state index in [9.17, 15) is 39.8 Å². The van der Waals surface area contributed by atoms with Gasteiger partial charge in [0, 0.05) is 50.9 Å². The molecule has 13 heteroatoms. The summed E-state index contributed by atoms with van der Waals surface area (Å²) < 4.78 is 0. The Bertz CT molecular complexity index is 1130. The van der Waals surface area contributed by atoms with Gasteiger partial charge in [-0.15, -0.1) is 0 Å². The van der Waals surface area contributed by atoms with Gasteiger partial charge in [0.1, 0.15) is 0 Å². The molecule has 0 saturated carbocycles. The molecule has 13 nitrogen and oxygen atoms in total. The first-order valence-corrected chi connectivity index (χ1v) is 11.6. The van der Waals surface area contributed by atoms with Crippen molar-refractivity contribution in [3.63, 3.8) is 0 Å². The molecule has 198 valence electrons. The van der Waals surface area contributed by atoms with Gasteiger partial charge in [0.15, 0.2) is 0 Å². The summed E-state index contributed by atoms with van der Waals surface area (Å²) >= 11 is 0. The number of hydrogen-bond acceptors (Lipinski definition) is 9. The van der Waals surface area contributed by atoms with Crippen LogP contribution in [0.15, 0.2) is 42.5 Å². The van der Waals surface area contributed by atoms with Gasteiger partial charge in [-0.2, -0.15) is 0 Å². The van der Waals surface area contributed by atoms with Gasteiger partial charge in [-0.3, -0.25) is 44.2 Å². The number of nitro groups is 1. The van der Waals surface area contributed by atoms with Gasteiger partial charge in [0.05, 0.1) is 35.9 Å². The van der Waals surface area contributed by atoms with Gasteiger partial charge in [0.2, 0.25) is 0 Å². The summed E-state index contributed by atoms with van der Waals surface area (Å²) in [5.41, 5.74) is 1.86. The van der Waals surface area contributed by atoms with Crippen molar-refractivity contribution in [2.45, 2.75) is 25.6 Å². The average Bonchev–Trinajstić information content (AvgIpc) is 2.80. The molecule has 0 radical (unpaired) electrons. The Morgan fingerprint density at radius 2 is 1.43 bits per heavy atom. The van der Waals surface area contributed by atoms with Crippen LogP contribution in [0.5, 0.6) is 0 Å². The normalized spacial score (nSPS) is 17.9. The molecule has 0 amide bonds. The van der Waals surface area contributed by atoms with Crippen molar-refractivity contribution >= 4 is 23.6 Å². The van der Waals surface area contributed by atoms with Crippen LogP contribution in [-0.4, -0.2) is 103 Å². The van der Waals surface area contributed by atoms with E-state index in [1.807, 2.05) is 0 Å². The lowest BCUT2D eigenvalue weighted by molar-refractivity contribution is -0.384. The molecule has 37 heavy (non-hydrogen) atoms. The largest absolute Gasteiger partial charge is 0.480 e. The van der Waals surface area contributed by atoms with Crippen LogP contribution in [-0.2, 0) is 33.9 Å². The summed E-state index contributed by atoms with van der Waals surface area (Å²) in [7, 11) is 0. The molecule has 1 atom stereocenters. The van der Waals surface area contributed by atoms with Crippen molar-refractivity contribution in [3.8, 4) is 0 Å². The smallest absolute Gasteiger partial charge is 0.317 e. The molecule has 3 N–H and O–H groups in total. The first-order valence-electron chi connectivity index (χ1n) is 11.6. The van der Waals surface area contributed by atoms with Crippen LogP contribution in [0.25, 0.3) is 0 Å². The summed E-state index contributed by atoms with van der Waals surface area (Å²) in [5.74, 6) is -3.14. The Labute approximate surface area is 212 Å². The molecule has 0 saturated heterocycles. The number of fused-ring (bicyclic) bond motifs is 2. The zero-order valence-electron chi connectivity index (χ0n) is 20.1. The molecule has 1 aliphatic rings. The standard InChI is InChI=1S/C24H29N5O8/c30-22(31)14-26-8-9-27(15-23(32)33)13-21(10-17-4-6-20(7-5-17)29(36)37)28(16-24(34)35)12-19-3-1-2-18(11-26)25-19/h1-7,21H,8-16H2,(H,30,31)(H,32,33)(H,34,35)/t21-/m0/s1. The minimum Gasteiger partial charge on any atom is -0.480 e. The van der Waals surface area contributed by atoms with E-state index in [-0.39, 0.29) is 58.0 Å². The van der Waals surface area contributed by atoms with Crippen molar-refractivity contribution in [3.05, 3.63) is 69.5 Å². The van der Waals surface area contributed by atoms with Crippen molar-refractivity contribution in [1.29, 1.82) is 0 Å². The van der Waals surface area contributed by atoms with E-state index >= 15 is 0 Å². The van der Waals surface area contributed by atoms with Gasteiger partial charge in [-0.05, 0) is 24.1 Å². The van der Waals surface area contributed by atoms with Gasteiger partial charge in [-0.25, -0.2) is 0 Å². The fraction of sp³-hybridized carbons (Fsp3) is 0.417. The molecule has 0 aliphatic carbocycles. The van der Waals surface area contributed by atoms with Crippen LogP contribution in [0.2, 0.25) is 0 Å². The Hall–Kier alpha value is -3.94. The SMILES string of the molecule is O=C(O)CN1CCN(CC(=O)O)C[C@H](Cc2ccc([N+](=O)[O-])cc2)N(CC(=O)O)Cc2cccc(n2)C1. The van der Waals surface area contributed by atoms with Crippen molar-refractivity contribution in [1.82, 2.24) is 19.7 Å². The molecule has 1 aromatic carbocycles. The highest BCUT2D eigenvalue weighted by Crippen LogP contribution is 2.18. The zero-order chi connectivity index (χ0) is 26.9. The van der Waals surface area contributed by atoms with Gasteiger partial charge in [-0.1, -0.05) is 18.2 Å². The predicted octanol–water partition coefficient (Wildman–Crippen LogP) is 0.775. The lowest BCUT2D eigenvalue weighted by Gasteiger charge is -2.35. The molecule has 2 heterocycles. The van der Waals surface area contributed by atoms with E-state index < -0.39 is 28.9 Å². The topological polar surface area (TPSA) is 178 Å². The predicted molar refractivity (Wildman–Crippen MR) is 130 cm³/mol. The summed E-state index contributed by atoms with van der Waals surface area (Å²) in [5, 5.41) is 39.5. The van der Waals surface area contributed by atoms with Crippen LogP contribution in [0.3, 0.4) is 0 Å². The zero-order valence-corrected chi connectivity index (χ0v) is 20.1. The molecule has 0 spiro atoms. The molecule has 3 rings (SSSR count). The third-order valence-corrected chi connectivity index (χ3v) is 6.01. The Morgan fingerprint density at radius 3 is 2.03 bits per heavy atom. The fourth-order valence-electron chi connectivity index (χ4n) is 4.38. The highest BCUT2D eigenvalue weighted by molar-refractivity contribution is 5.70. The number of nitrogens with zero attached hydrogens (tertiary/aromatic N) is 5. The van der Waals surface area contributed by atoms with Crippen LogP contribution in [0.1, 0.15) is 17.0 Å². The molecule has 1 aromatic heterocycles. The highest BCUT2D eigenvalue weighted by atomic mass is 16.6. The molecule has 1 aliphatic heterocycles. The summed E-state index contributed by atoms with van der Waals surface area (Å²) in [6.07, 6.45) is 0.305. The van der Waals surface area contributed by atoms with Gasteiger partial charge < -0.3 is 15.3 Å². The van der Waals surface area contributed by atoms with E-state index in [4.69, 9.17) is 0 Å². The first-order chi connectivity index (χ1) is 17.6. The maximum Gasteiger partial charge on any atom is 0.317 e. The molecule has 2 bridgehead atoms. The fourth-order valence-corrected chi connectivity index (χ4v) is 4.38. The monoisotopic (exact) mass is 515 g/mol. The number of hydrogen-bond donors (Lipinski definition) is 3. The quantitative estimate of drug-likeness (QED) is 0.316. The third kappa shape index (κ3) is 8.90. The Kier molecular flexibility index (Phi) is 9.60. The number of carboxylic acids is 3. The minimum absolute atomic E-state index is 0.0723. The molecule has 0 unspecified atom stereocenters. The second-order valence-electron chi connectivity index (χ2n) is 8.93. The number of pyridine rings is 1. The van der Waals surface area contributed by atoms with Crippen molar-refractivity contribution < 1.29 is 34.6 Å². The summed E-state index contributed by atoms with van der Waals surface area (Å²) in [4.78, 5) is 55.0. The number of aromatic nitrogens is 1. The third-order valence-electron chi connectivity index (χ3n) is 6.01. The number of non-ortho nitro benzene ring substituents is 1.